The molecule has 1 aliphatic rings. The fourth-order valence-corrected chi connectivity index (χ4v) is 4.73. The predicted molar refractivity (Wildman–Crippen MR) is 87.8 cm³/mol. The van der Waals surface area contributed by atoms with Crippen molar-refractivity contribution in [2.75, 3.05) is 18.1 Å². The van der Waals surface area contributed by atoms with E-state index in [9.17, 15) is 0 Å². The molecule has 0 atom stereocenters. The summed E-state index contributed by atoms with van der Waals surface area (Å²) < 4.78 is 1.56. The van der Waals surface area contributed by atoms with E-state index in [1.165, 1.54) is 25.7 Å². The molecule has 19 heavy (non-hydrogen) atoms. The summed E-state index contributed by atoms with van der Waals surface area (Å²) in [5, 5.41) is 5.32. The van der Waals surface area contributed by atoms with E-state index in [-0.39, 0.29) is 0 Å². The summed E-state index contributed by atoms with van der Waals surface area (Å²) in [5.41, 5.74) is 1.03. The molecule has 102 valence electrons. The maximum atomic E-state index is 6.01. The number of fused-ring (bicyclic) bond motifs is 1. The summed E-state index contributed by atoms with van der Waals surface area (Å²) in [6.07, 6.45) is 7.58. The van der Waals surface area contributed by atoms with E-state index < -0.39 is 0 Å². The van der Waals surface area contributed by atoms with Gasteiger partial charge in [0.05, 0.1) is 10.2 Å². The first-order valence-electron chi connectivity index (χ1n) is 6.56. The molecule has 1 aromatic heterocycles. The fraction of sp³-hybridized carbons (Fsp3) is 0.500. The topological polar surface area (TPSA) is 24.9 Å². The highest BCUT2D eigenvalue weighted by Gasteiger charge is 2.32. The number of hydrogen-bond acceptors (Lipinski definition) is 4. The Morgan fingerprint density at radius 2 is 2.21 bits per heavy atom. The van der Waals surface area contributed by atoms with Gasteiger partial charge in [0, 0.05) is 16.3 Å². The molecule has 0 spiro atoms. The van der Waals surface area contributed by atoms with Crippen LogP contribution in [0.4, 0.5) is 5.13 Å². The van der Waals surface area contributed by atoms with Gasteiger partial charge in [-0.15, -0.1) is 0 Å². The quantitative estimate of drug-likeness (QED) is 0.856. The highest BCUT2D eigenvalue weighted by molar-refractivity contribution is 8.00. The number of rotatable bonds is 4. The van der Waals surface area contributed by atoms with Crippen LogP contribution in [0.3, 0.4) is 0 Å². The Morgan fingerprint density at radius 1 is 1.42 bits per heavy atom. The molecular weight excluding hydrogens is 296 g/mol. The average molecular weight is 313 g/mol. The summed E-state index contributed by atoms with van der Waals surface area (Å²) in [6, 6.07) is 5.87. The number of benzene rings is 1. The van der Waals surface area contributed by atoms with Gasteiger partial charge in [-0.2, -0.15) is 11.8 Å². The van der Waals surface area contributed by atoms with Gasteiger partial charge in [0.2, 0.25) is 0 Å². The lowest BCUT2D eigenvalue weighted by Crippen LogP contribution is -2.29. The van der Waals surface area contributed by atoms with Gasteiger partial charge in [0.25, 0.3) is 0 Å². The number of aromatic nitrogens is 1. The van der Waals surface area contributed by atoms with E-state index in [4.69, 9.17) is 11.6 Å². The smallest absolute Gasteiger partial charge is 0.183 e. The number of nitrogens with one attached hydrogen (secondary N) is 1. The van der Waals surface area contributed by atoms with Crippen LogP contribution < -0.4 is 5.32 Å². The molecule has 0 saturated heterocycles. The molecule has 2 nitrogen and oxygen atoms in total. The minimum atomic E-state index is 0.412. The van der Waals surface area contributed by atoms with Crippen molar-refractivity contribution in [1.29, 1.82) is 0 Å². The molecule has 0 unspecified atom stereocenters. The van der Waals surface area contributed by atoms with Crippen molar-refractivity contribution in [2.24, 2.45) is 0 Å². The van der Waals surface area contributed by atoms with Crippen LogP contribution in [0.15, 0.2) is 18.2 Å². The maximum Gasteiger partial charge on any atom is 0.183 e. The Balaban J connectivity index is 1.74. The van der Waals surface area contributed by atoms with Gasteiger partial charge >= 0.3 is 0 Å². The van der Waals surface area contributed by atoms with E-state index in [1.807, 2.05) is 30.0 Å². The van der Waals surface area contributed by atoms with Crippen LogP contribution in [0, 0.1) is 0 Å². The van der Waals surface area contributed by atoms with Crippen LogP contribution >= 0.6 is 34.7 Å². The highest BCUT2D eigenvalue weighted by atomic mass is 35.5. The van der Waals surface area contributed by atoms with Crippen LogP contribution in [-0.2, 0) is 0 Å². The summed E-state index contributed by atoms with van der Waals surface area (Å²) in [6.45, 7) is 1.02. The second kappa shape index (κ2) is 5.51. The summed E-state index contributed by atoms with van der Waals surface area (Å²) in [4.78, 5) is 4.62. The van der Waals surface area contributed by atoms with Gasteiger partial charge in [-0.25, -0.2) is 4.98 Å². The Bertz CT molecular complexity index is 576. The SMILES string of the molecule is CSC1(CNc2nc3ccc(Cl)cc3s2)CCCC1. The van der Waals surface area contributed by atoms with Crippen LogP contribution in [0.2, 0.25) is 5.02 Å². The number of anilines is 1. The molecule has 1 heterocycles. The van der Waals surface area contributed by atoms with Crippen LogP contribution in [0.5, 0.6) is 0 Å². The summed E-state index contributed by atoms with van der Waals surface area (Å²) >= 11 is 9.70. The van der Waals surface area contributed by atoms with E-state index in [2.05, 4.69) is 16.6 Å². The zero-order valence-corrected chi connectivity index (χ0v) is 13.3. The molecule has 1 fully saturated rings. The maximum absolute atomic E-state index is 6.01. The van der Waals surface area contributed by atoms with E-state index in [0.717, 1.165) is 26.9 Å². The number of nitrogens with zero attached hydrogens (tertiary/aromatic N) is 1. The van der Waals surface area contributed by atoms with Gasteiger partial charge < -0.3 is 5.32 Å². The molecule has 1 N–H and O–H groups in total. The van der Waals surface area contributed by atoms with Crippen LogP contribution in [0.1, 0.15) is 25.7 Å². The Kier molecular flexibility index (Phi) is 3.92. The van der Waals surface area contributed by atoms with Crippen molar-refractivity contribution < 1.29 is 0 Å². The molecule has 3 rings (SSSR count). The number of hydrogen-bond donors (Lipinski definition) is 1. The second-order valence-electron chi connectivity index (χ2n) is 5.08. The van der Waals surface area contributed by atoms with E-state index >= 15 is 0 Å². The van der Waals surface area contributed by atoms with E-state index in [1.54, 1.807) is 11.3 Å². The molecule has 0 amide bonds. The molecular formula is C14H17ClN2S2. The van der Waals surface area contributed by atoms with Crippen molar-refractivity contribution in [3.05, 3.63) is 23.2 Å². The molecule has 1 aromatic carbocycles. The zero-order valence-electron chi connectivity index (χ0n) is 10.9. The standard InChI is InChI=1S/C14H17ClN2S2/c1-18-14(6-2-3-7-14)9-16-13-17-11-5-4-10(15)8-12(11)19-13/h4-5,8H,2-3,6-7,9H2,1H3,(H,16,17). The Labute approximate surface area is 126 Å². The third-order valence-electron chi connectivity index (χ3n) is 3.86. The zero-order chi connectivity index (χ0) is 13.3. The molecule has 0 radical (unpaired) electrons. The van der Waals surface area contributed by atoms with Crippen LogP contribution in [0.25, 0.3) is 10.2 Å². The Hall–Kier alpha value is -0.450. The molecule has 5 heteroatoms. The van der Waals surface area contributed by atoms with Crippen molar-refractivity contribution in [3.8, 4) is 0 Å². The van der Waals surface area contributed by atoms with Crippen LogP contribution in [-0.4, -0.2) is 22.5 Å². The van der Waals surface area contributed by atoms with Crippen molar-refractivity contribution >= 4 is 50.0 Å². The van der Waals surface area contributed by atoms with Crippen molar-refractivity contribution in [1.82, 2.24) is 4.98 Å². The third kappa shape index (κ3) is 2.86. The van der Waals surface area contributed by atoms with Gasteiger partial charge in [-0.05, 0) is 37.3 Å². The molecule has 2 aromatic rings. The van der Waals surface area contributed by atoms with Gasteiger partial charge in [0.1, 0.15) is 0 Å². The minimum absolute atomic E-state index is 0.412. The first kappa shape index (κ1) is 13.5. The van der Waals surface area contributed by atoms with Crippen molar-refractivity contribution in [2.45, 2.75) is 30.4 Å². The normalized spacial score (nSPS) is 18.0. The first-order chi connectivity index (χ1) is 9.21. The van der Waals surface area contributed by atoms with Gasteiger partial charge in [-0.3, -0.25) is 0 Å². The number of thiazole rings is 1. The van der Waals surface area contributed by atoms with E-state index in [0.29, 0.717) is 4.75 Å². The lowest BCUT2D eigenvalue weighted by atomic mass is 10.1. The largest absolute Gasteiger partial charge is 0.360 e. The third-order valence-corrected chi connectivity index (χ3v) is 6.49. The second-order valence-corrected chi connectivity index (χ2v) is 7.82. The summed E-state index contributed by atoms with van der Waals surface area (Å²) in [7, 11) is 0. The monoisotopic (exact) mass is 312 g/mol. The van der Waals surface area contributed by atoms with Gasteiger partial charge in [0.15, 0.2) is 5.13 Å². The number of thioether (sulfide) groups is 1. The first-order valence-corrected chi connectivity index (χ1v) is 8.98. The minimum Gasteiger partial charge on any atom is -0.360 e. The lowest BCUT2D eigenvalue weighted by Gasteiger charge is -2.26. The summed E-state index contributed by atoms with van der Waals surface area (Å²) in [5.74, 6) is 0. The molecule has 0 aliphatic heterocycles. The number of halogens is 1. The predicted octanol–water partition coefficient (Wildman–Crippen LogP) is 5.04. The molecule has 1 saturated carbocycles. The van der Waals surface area contributed by atoms with Gasteiger partial charge in [-0.1, -0.05) is 35.8 Å². The lowest BCUT2D eigenvalue weighted by molar-refractivity contribution is 0.640. The Morgan fingerprint density at radius 3 is 2.95 bits per heavy atom. The fourth-order valence-electron chi connectivity index (χ4n) is 2.68. The average Bonchev–Trinajstić information content (AvgIpc) is 3.02. The molecule has 0 bridgehead atoms. The van der Waals surface area contributed by atoms with Crippen molar-refractivity contribution in [3.63, 3.8) is 0 Å². The molecule has 1 aliphatic carbocycles. The highest BCUT2D eigenvalue weighted by Crippen LogP contribution is 2.40.